The van der Waals surface area contributed by atoms with Gasteiger partial charge in [0.2, 0.25) is 15.0 Å². The molecular weight excluding hydrogens is 326 g/mol. The maximum Gasteiger partial charge on any atom is 0.247 e. The van der Waals surface area contributed by atoms with Crippen LogP contribution in [0.1, 0.15) is 0 Å². The van der Waals surface area contributed by atoms with E-state index in [1.807, 2.05) is 0 Å². The molecule has 22 heavy (non-hydrogen) atoms. The molecule has 0 radical (unpaired) electrons. The number of anilines is 2. The van der Waals surface area contributed by atoms with Gasteiger partial charge in [-0.3, -0.25) is 0 Å². The average Bonchev–Trinajstić information content (AvgIpc) is 2.46. The Bertz CT molecular complexity index is 962. The predicted molar refractivity (Wildman–Crippen MR) is 83.0 cm³/mol. The first-order chi connectivity index (χ1) is 10.4. The Balaban J connectivity index is 2.13. The van der Waals surface area contributed by atoms with Gasteiger partial charge < -0.3 is 5.32 Å². The average molecular weight is 336 g/mol. The largest absolute Gasteiger partial charge is 0.338 e. The van der Waals surface area contributed by atoms with E-state index in [0.717, 1.165) is 6.26 Å². The lowest BCUT2D eigenvalue weighted by atomic mass is 10.3. The van der Waals surface area contributed by atoms with E-state index in [0.29, 0.717) is 27.6 Å². The Morgan fingerprint density at radius 1 is 1.18 bits per heavy atom. The molecule has 1 N–H and O–H groups in total. The Morgan fingerprint density at radius 2 is 2.00 bits per heavy atom. The van der Waals surface area contributed by atoms with Crippen LogP contribution in [0.15, 0.2) is 41.9 Å². The lowest BCUT2D eigenvalue weighted by molar-refractivity contribution is 0.593. The van der Waals surface area contributed by atoms with Gasteiger partial charge in [0.1, 0.15) is 17.4 Å². The molecule has 0 aliphatic carbocycles. The second-order valence-electron chi connectivity index (χ2n) is 4.52. The van der Waals surface area contributed by atoms with E-state index in [1.54, 1.807) is 24.3 Å². The van der Waals surface area contributed by atoms with Crippen molar-refractivity contribution < 1.29 is 8.42 Å². The van der Waals surface area contributed by atoms with E-state index < -0.39 is 9.84 Å². The van der Waals surface area contributed by atoms with Crippen LogP contribution >= 0.6 is 11.6 Å². The molecule has 0 spiro atoms. The fourth-order valence-electron chi connectivity index (χ4n) is 1.81. The van der Waals surface area contributed by atoms with Crippen molar-refractivity contribution in [3.8, 4) is 0 Å². The molecule has 0 saturated heterocycles. The van der Waals surface area contributed by atoms with Crippen LogP contribution in [0.2, 0.25) is 5.02 Å². The fraction of sp³-hybridized carbons (Fsp3) is 0.0769. The third kappa shape index (κ3) is 2.97. The number of benzene rings is 1. The van der Waals surface area contributed by atoms with Crippen LogP contribution in [0.25, 0.3) is 11.0 Å². The highest BCUT2D eigenvalue weighted by atomic mass is 35.5. The van der Waals surface area contributed by atoms with Gasteiger partial charge in [-0.1, -0.05) is 17.7 Å². The van der Waals surface area contributed by atoms with Crippen molar-refractivity contribution in [2.24, 2.45) is 0 Å². The van der Waals surface area contributed by atoms with E-state index >= 15 is 0 Å². The lowest BCUT2D eigenvalue weighted by Crippen LogP contribution is -2.06. The molecular formula is C13H10ClN5O2S. The first-order valence-corrected chi connectivity index (χ1v) is 8.41. The molecule has 3 rings (SSSR count). The topological polar surface area (TPSA) is 97.7 Å². The zero-order chi connectivity index (χ0) is 15.7. The van der Waals surface area contributed by atoms with Crippen LogP contribution in [0.5, 0.6) is 0 Å². The first kappa shape index (κ1) is 14.6. The molecule has 9 heteroatoms. The quantitative estimate of drug-likeness (QED) is 0.733. The van der Waals surface area contributed by atoms with Gasteiger partial charge >= 0.3 is 0 Å². The summed E-state index contributed by atoms with van der Waals surface area (Å²) in [6, 6.07) is 7.05. The van der Waals surface area contributed by atoms with Gasteiger partial charge in [-0.25, -0.2) is 28.4 Å². The number of rotatable bonds is 3. The molecule has 0 aliphatic heterocycles. The Morgan fingerprint density at radius 3 is 2.73 bits per heavy atom. The number of nitrogens with one attached hydrogen (secondary N) is 1. The van der Waals surface area contributed by atoms with Crippen molar-refractivity contribution in [1.82, 2.24) is 19.9 Å². The molecule has 0 bridgehead atoms. The molecule has 0 amide bonds. The molecule has 0 saturated carbocycles. The highest BCUT2D eigenvalue weighted by Gasteiger charge is 2.14. The fourth-order valence-corrected chi connectivity index (χ4v) is 2.50. The Labute approximate surface area is 131 Å². The summed E-state index contributed by atoms with van der Waals surface area (Å²) in [7, 11) is -3.52. The summed E-state index contributed by atoms with van der Waals surface area (Å²) in [4.78, 5) is 16.0. The minimum Gasteiger partial charge on any atom is -0.338 e. The molecule has 7 nitrogen and oxygen atoms in total. The van der Waals surface area contributed by atoms with Gasteiger partial charge in [0.05, 0.1) is 6.20 Å². The van der Waals surface area contributed by atoms with E-state index in [1.165, 1.54) is 12.5 Å². The van der Waals surface area contributed by atoms with Crippen molar-refractivity contribution in [2.75, 3.05) is 11.6 Å². The van der Waals surface area contributed by atoms with Crippen LogP contribution in [-0.2, 0) is 9.84 Å². The van der Waals surface area contributed by atoms with E-state index in [9.17, 15) is 8.42 Å². The van der Waals surface area contributed by atoms with Crippen LogP contribution in [0.3, 0.4) is 0 Å². The zero-order valence-electron chi connectivity index (χ0n) is 11.4. The van der Waals surface area contributed by atoms with E-state index in [2.05, 4.69) is 25.3 Å². The summed E-state index contributed by atoms with van der Waals surface area (Å²) in [5.74, 6) is 0.375. The van der Waals surface area contributed by atoms with Crippen LogP contribution < -0.4 is 5.32 Å². The highest BCUT2D eigenvalue weighted by Crippen LogP contribution is 2.23. The number of sulfone groups is 1. The molecule has 0 fully saturated rings. The summed E-state index contributed by atoms with van der Waals surface area (Å²) in [6.07, 6.45) is 3.74. The normalized spacial score (nSPS) is 11.5. The Hall–Kier alpha value is -2.32. The van der Waals surface area contributed by atoms with Crippen molar-refractivity contribution in [3.05, 3.63) is 41.8 Å². The standard InChI is InChI=1S/C13H10ClN5O2S/c1-22(20,21)13-15-6-10-11(19-13)12(17-7-16-10)18-9-4-2-3-8(14)5-9/h2-7H,1H3,(H,16,17,18). The van der Waals surface area contributed by atoms with Gasteiger partial charge in [0.25, 0.3) is 0 Å². The zero-order valence-corrected chi connectivity index (χ0v) is 12.9. The third-order valence-corrected chi connectivity index (χ3v) is 3.87. The monoisotopic (exact) mass is 335 g/mol. The minimum absolute atomic E-state index is 0.274. The summed E-state index contributed by atoms with van der Waals surface area (Å²) >= 11 is 5.94. The van der Waals surface area contributed by atoms with Crippen LogP contribution in [0, 0.1) is 0 Å². The Kier molecular flexibility index (Phi) is 3.63. The number of fused-ring (bicyclic) bond motifs is 1. The van der Waals surface area contributed by atoms with Crippen molar-refractivity contribution in [2.45, 2.75) is 5.16 Å². The van der Waals surface area contributed by atoms with Gasteiger partial charge in [-0.15, -0.1) is 0 Å². The number of hydrogen-bond acceptors (Lipinski definition) is 7. The molecule has 112 valence electrons. The molecule has 2 heterocycles. The lowest BCUT2D eigenvalue weighted by Gasteiger charge is -2.08. The van der Waals surface area contributed by atoms with Gasteiger partial charge in [0.15, 0.2) is 5.82 Å². The van der Waals surface area contributed by atoms with E-state index in [-0.39, 0.29) is 5.16 Å². The second kappa shape index (κ2) is 5.47. The molecule has 0 aliphatic rings. The maximum absolute atomic E-state index is 11.6. The van der Waals surface area contributed by atoms with Crippen LogP contribution in [0.4, 0.5) is 11.5 Å². The predicted octanol–water partition coefficient (Wildman–Crippen LogP) is 2.22. The van der Waals surface area contributed by atoms with Crippen molar-refractivity contribution in [1.29, 1.82) is 0 Å². The minimum atomic E-state index is -3.52. The number of nitrogens with zero attached hydrogens (tertiary/aromatic N) is 4. The summed E-state index contributed by atoms with van der Waals surface area (Å²) in [5, 5.41) is 3.34. The smallest absolute Gasteiger partial charge is 0.247 e. The molecule has 2 aromatic heterocycles. The first-order valence-electron chi connectivity index (χ1n) is 6.14. The molecule has 0 atom stereocenters. The van der Waals surface area contributed by atoms with Crippen LogP contribution in [-0.4, -0.2) is 34.6 Å². The summed E-state index contributed by atoms with van der Waals surface area (Å²) in [6.45, 7) is 0. The number of aromatic nitrogens is 4. The highest BCUT2D eigenvalue weighted by molar-refractivity contribution is 7.90. The third-order valence-electron chi connectivity index (χ3n) is 2.77. The van der Waals surface area contributed by atoms with Gasteiger partial charge in [-0.2, -0.15) is 0 Å². The van der Waals surface area contributed by atoms with Gasteiger partial charge in [-0.05, 0) is 18.2 Å². The molecule has 1 aromatic carbocycles. The van der Waals surface area contributed by atoms with E-state index in [4.69, 9.17) is 11.6 Å². The summed E-state index contributed by atoms with van der Waals surface area (Å²) in [5.41, 5.74) is 1.46. The van der Waals surface area contributed by atoms with Crippen molar-refractivity contribution in [3.63, 3.8) is 0 Å². The molecule has 3 aromatic rings. The number of halogens is 1. The summed E-state index contributed by atoms with van der Waals surface area (Å²) < 4.78 is 23.2. The molecule has 0 unspecified atom stereocenters. The van der Waals surface area contributed by atoms with Gasteiger partial charge in [0, 0.05) is 17.0 Å². The number of hydrogen-bond donors (Lipinski definition) is 1. The maximum atomic E-state index is 11.6. The van der Waals surface area contributed by atoms with Crippen molar-refractivity contribution >= 4 is 44.0 Å². The second-order valence-corrected chi connectivity index (χ2v) is 6.86. The SMILES string of the molecule is CS(=O)(=O)c1ncc2ncnc(Nc3cccc(Cl)c3)c2n1.